The lowest BCUT2D eigenvalue weighted by atomic mass is 9.75. The number of para-hydroxylation sites is 3. The van der Waals surface area contributed by atoms with Gasteiger partial charge in [0.05, 0.1) is 22.4 Å². The Morgan fingerprint density at radius 2 is 1.44 bits per heavy atom. The molecule has 1 aliphatic heterocycles. The molecule has 9 rings (SSSR count). The van der Waals surface area contributed by atoms with E-state index in [4.69, 9.17) is 14.8 Å². The highest BCUT2D eigenvalue weighted by Gasteiger charge is 2.36. The molecule has 5 aromatic carbocycles. The van der Waals surface area contributed by atoms with Crippen molar-refractivity contribution in [1.82, 2.24) is 19.3 Å². The maximum atomic E-state index is 6.84. The standard InChI is InChI=1S/C42H33N5O/c1-42(2)33-15-5-7-19-39(33)48-41-34(42)16-11-18-37(41)46(29-13-10-12-28(26-29)35-23-25-45(3)44-35)30-21-22-32-31-14-4-6-17-36(31)47(38(32)27-30)40-20-8-9-24-43-40/h4-27H,1-3H3. The Bertz CT molecular complexity index is 2490. The zero-order valence-electron chi connectivity index (χ0n) is 27.0. The molecule has 0 bridgehead atoms. The molecule has 0 aliphatic carbocycles. The van der Waals surface area contributed by atoms with Gasteiger partial charge in [0.2, 0.25) is 0 Å². The fraction of sp³-hybridized carbons (Fsp3) is 0.0952. The third kappa shape index (κ3) is 4.33. The second kappa shape index (κ2) is 10.7. The Balaban J connectivity index is 1.32. The summed E-state index contributed by atoms with van der Waals surface area (Å²) in [6.45, 7) is 4.56. The molecule has 6 heteroatoms. The molecule has 0 unspecified atom stereocenters. The van der Waals surface area contributed by atoms with E-state index in [9.17, 15) is 0 Å². The smallest absolute Gasteiger partial charge is 0.155 e. The number of nitrogens with zero attached hydrogens (tertiary/aromatic N) is 5. The molecule has 0 N–H and O–H groups in total. The second-order valence-electron chi connectivity index (χ2n) is 12.9. The molecule has 232 valence electrons. The van der Waals surface area contributed by atoms with Crippen LogP contribution in [0.2, 0.25) is 0 Å². The molecular weight excluding hydrogens is 590 g/mol. The summed E-state index contributed by atoms with van der Waals surface area (Å²) in [5.41, 5.74) is 9.21. The van der Waals surface area contributed by atoms with Crippen molar-refractivity contribution in [3.05, 3.63) is 157 Å². The van der Waals surface area contributed by atoms with Gasteiger partial charge in [-0.1, -0.05) is 86.6 Å². The predicted octanol–water partition coefficient (Wildman–Crippen LogP) is 10.5. The first-order valence-electron chi connectivity index (χ1n) is 16.2. The lowest BCUT2D eigenvalue weighted by Crippen LogP contribution is -2.25. The molecule has 0 radical (unpaired) electrons. The fourth-order valence-electron chi connectivity index (χ4n) is 7.26. The summed E-state index contributed by atoms with van der Waals surface area (Å²) < 4.78 is 10.9. The van der Waals surface area contributed by atoms with Gasteiger partial charge in [0.1, 0.15) is 11.6 Å². The maximum absolute atomic E-state index is 6.84. The van der Waals surface area contributed by atoms with Crippen molar-refractivity contribution in [2.75, 3.05) is 4.90 Å². The summed E-state index contributed by atoms with van der Waals surface area (Å²) in [6.07, 6.45) is 3.83. The topological polar surface area (TPSA) is 48.1 Å². The molecule has 1 aliphatic rings. The molecule has 0 saturated heterocycles. The van der Waals surface area contributed by atoms with E-state index in [0.717, 1.165) is 62.2 Å². The number of hydrogen-bond acceptors (Lipinski definition) is 4. The van der Waals surface area contributed by atoms with E-state index in [1.807, 2.05) is 48.4 Å². The minimum atomic E-state index is -0.253. The number of fused-ring (bicyclic) bond motifs is 5. The molecule has 8 aromatic rings. The maximum Gasteiger partial charge on any atom is 0.155 e. The van der Waals surface area contributed by atoms with Crippen LogP contribution in [0.4, 0.5) is 17.1 Å². The van der Waals surface area contributed by atoms with E-state index in [0.29, 0.717) is 0 Å². The molecule has 0 fully saturated rings. The molecule has 0 amide bonds. The third-order valence-electron chi connectivity index (χ3n) is 9.59. The van der Waals surface area contributed by atoms with Crippen LogP contribution in [0.15, 0.2) is 146 Å². The molecule has 0 spiro atoms. The van der Waals surface area contributed by atoms with Gasteiger partial charge in [-0.2, -0.15) is 5.10 Å². The largest absolute Gasteiger partial charge is 0.455 e. The zero-order valence-corrected chi connectivity index (χ0v) is 27.0. The summed E-state index contributed by atoms with van der Waals surface area (Å²) in [7, 11) is 1.95. The Hall–Kier alpha value is -6.14. The Morgan fingerprint density at radius 3 is 2.29 bits per heavy atom. The van der Waals surface area contributed by atoms with Crippen LogP contribution in [0.1, 0.15) is 25.0 Å². The van der Waals surface area contributed by atoms with Crippen LogP contribution >= 0.6 is 0 Å². The average Bonchev–Trinajstić information content (AvgIpc) is 3.70. The summed E-state index contributed by atoms with van der Waals surface area (Å²) >= 11 is 0. The predicted molar refractivity (Wildman–Crippen MR) is 194 cm³/mol. The van der Waals surface area contributed by atoms with E-state index in [-0.39, 0.29) is 5.41 Å². The Labute approximate surface area is 279 Å². The zero-order chi connectivity index (χ0) is 32.4. The van der Waals surface area contributed by atoms with Gasteiger partial charge in [-0.05, 0) is 60.7 Å². The third-order valence-corrected chi connectivity index (χ3v) is 9.59. The number of rotatable bonds is 5. The van der Waals surface area contributed by atoms with Crippen LogP contribution < -0.4 is 9.64 Å². The van der Waals surface area contributed by atoms with Crippen LogP contribution in [0.25, 0.3) is 38.9 Å². The van der Waals surface area contributed by atoms with Gasteiger partial charge in [-0.25, -0.2) is 4.98 Å². The van der Waals surface area contributed by atoms with Crippen molar-refractivity contribution in [2.24, 2.45) is 7.05 Å². The van der Waals surface area contributed by atoms with Gasteiger partial charge >= 0.3 is 0 Å². The van der Waals surface area contributed by atoms with Crippen molar-refractivity contribution in [2.45, 2.75) is 19.3 Å². The molecular formula is C42H33N5O. The van der Waals surface area contributed by atoms with E-state index in [1.54, 1.807) is 0 Å². The monoisotopic (exact) mass is 623 g/mol. The minimum absolute atomic E-state index is 0.253. The number of benzene rings is 5. The van der Waals surface area contributed by atoms with E-state index >= 15 is 0 Å². The van der Waals surface area contributed by atoms with Crippen molar-refractivity contribution < 1.29 is 4.74 Å². The van der Waals surface area contributed by atoms with E-state index in [2.05, 4.69) is 133 Å². The minimum Gasteiger partial charge on any atom is -0.455 e. The van der Waals surface area contributed by atoms with Gasteiger partial charge in [0.25, 0.3) is 0 Å². The normalized spacial score (nSPS) is 13.2. The summed E-state index contributed by atoms with van der Waals surface area (Å²) in [4.78, 5) is 7.09. The van der Waals surface area contributed by atoms with Crippen LogP contribution in [-0.2, 0) is 12.5 Å². The first-order valence-corrected chi connectivity index (χ1v) is 16.2. The van der Waals surface area contributed by atoms with Crippen molar-refractivity contribution >= 4 is 38.9 Å². The summed E-state index contributed by atoms with van der Waals surface area (Å²) in [5.74, 6) is 2.62. The number of aryl methyl sites for hydroxylation is 1. The van der Waals surface area contributed by atoms with Crippen LogP contribution in [0.3, 0.4) is 0 Å². The highest BCUT2D eigenvalue weighted by atomic mass is 16.5. The van der Waals surface area contributed by atoms with Gasteiger partial charge < -0.3 is 9.64 Å². The average molecular weight is 624 g/mol. The molecule has 0 atom stereocenters. The van der Waals surface area contributed by atoms with Gasteiger partial charge in [0.15, 0.2) is 5.75 Å². The second-order valence-corrected chi connectivity index (χ2v) is 12.9. The van der Waals surface area contributed by atoms with Gasteiger partial charge in [0, 0.05) is 63.7 Å². The fourth-order valence-corrected chi connectivity index (χ4v) is 7.26. The lowest BCUT2D eigenvalue weighted by Gasteiger charge is -2.37. The first kappa shape index (κ1) is 28.1. The van der Waals surface area contributed by atoms with Crippen molar-refractivity contribution in [1.29, 1.82) is 0 Å². The molecule has 3 aromatic heterocycles. The molecule has 48 heavy (non-hydrogen) atoms. The van der Waals surface area contributed by atoms with Crippen molar-refractivity contribution in [3.8, 4) is 28.6 Å². The number of anilines is 3. The van der Waals surface area contributed by atoms with Gasteiger partial charge in [-0.15, -0.1) is 0 Å². The summed E-state index contributed by atoms with van der Waals surface area (Å²) in [6, 6.07) is 46.8. The van der Waals surface area contributed by atoms with Crippen LogP contribution in [0.5, 0.6) is 11.5 Å². The van der Waals surface area contributed by atoms with E-state index in [1.165, 1.54) is 16.3 Å². The number of pyridine rings is 1. The molecule has 6 nitrogen and oxygen atoms in total. The SMILES string of the molecule is Cn1ccc(-c2cccc(N(c3ccc4c5ccccc5n(-c5ccccn5)c4c3)c3cccc4c3Oc3ccccc3C4(C)C)c2)n1. The van der Waals surface area contributed by atoms with E-state index < -0.39 is 0 Å². The molecule has 0 saturated carbocycles. The number of aromatic nitrogens is 4. The first-order chi connectivity index (χ1) is 23.5. The van der Waals surface area contributed by atoms with Crippen LogP contribution in [0, 0.1) is 0 Å². The quantitative estimate of drug-likeness (QED) is 0.191. The Kier molecular flexibility index (Phi) is 6.27. The lowest BCUT2D eigenvalue weighted by molar-refractivity contribution is 0.419. The van der Waals surface area contributed by atoms with Crippen LogP contribution in [-0.4, -0.2) is 19.3 Å². The van der Waals surface area contributed by atoms with Gasteiger partial charge in [-0.3, -0.25) is 9.25 Å². The highest BCUT2D eigenvalue weighted by Crippen LogP contribution is 2.53. The van der Waals surface area contributed by atoms with Crippen molar-refractivity contribution in [3.63, 3.8) is 0 Å². The highest BCUT2D eigenvalue weighted by molar-refractivity contribution is 6.10. The Morgan fingerprint density at radius 1 is 0.667 bits per heavy atom. The molecule has 4 heterocycles. The number of ether oxygens (including phenoxy) is 1. The summed E-state index contributed by atoms with van der Waals surface area (Å²) in [5, 5.41) is 7.07. The number of hydrogen-bond donors (Lipinski definition) is 0.